The molecule has 6 heteroatoms. The summed E-state index contributed by atoms with van der Waals surface area (Å²) < 4.78 is 13.7. The number of rotatable bonds is 3. The lowest BCUT2D eigenvalue weighted by Crippen LogP contribution is -2.14. The van der Waals surface area contributed by atoms with Gasteiger partial charge in [0.05, 0.1) is 5.56 Å². The summed E-state index contributed by atoms with van der Waals surface area (Å²) in [6.45, 7) is 1.38. The minimum absolute atomic E-state index is 0.107. The van der Waals surface area contributed by atoms with Gasteiger partial charge in [-0.1, -0.05) is 17.7 Å². The average Bonchev–Trinajstić information content (AvgIpc) is 2.37. The van der Waals surface area contributed by atoms with Gasteiger partial charge in [-0.15, -0.1) is 0 Å². The van der Waals surface area contributed by atoms with Crippen LogP contribution >= 0.6 is 11.6 Å². The zero-order chi connectivity index (χ0) is 15.4. The molecule has 2 rings (SSSR count). The number of amides is 2. The maximum Gasteiger partial charge on any atom is 0.258 e. The summed E-state index contributed by atoms with van der Waals surface area (Å²) >= 11 is 5.64. The van der Waals surface area contributed by atoms with E-state index in [1.807, 2.05) is 0 Å². The number of nitrogens with one attached hydrogen (secondary N) is 2. The van der Waals surface area contributed by atoms with E-state index in [4.69, 9.17) is 11.6 Å². The van der Waals surface area contributed by atoms with E-state index in [1.54, 1.807) is 24.3 Å². The Labute approximate surface area is 125 Å². The van der Waals surface area contributed by atoms with Crippen molar-refractivity contribution in [1.29, 1.82) is 0 Å². The first-order chi connectivity index (χ1) is 9.95. The van der Waals surface area contributed by atoms with Gasteiger partial charge in [0.2, 0.25) is 5.91 Å². The summed E-state index contributed by atoms with van der Waals surface area (Å²) in [5.74, 6) is -1.51. The van der Waals surface area contributed by atoms with Gasteiger partial charge < -0.3 is 10.6 Å². The van der Waals surface area contributed by atoms with Crippen molar-refractivity contribution in [2.24, 2.45) is 0 Å². The van der Waals surface area contributed by atoms with E-state index in [0.29, 0.717) is 11.4 Å². The van der Waals surface area contributed by atoms with E-state index in [0.717, 1.165) is 6.07 Å². The predicted molar refractivity (Wildman–Crippen MR) is 80.1 cm³/mol. The molecule has 0 spiro atoms. The molecule has 0 saturated heterocycles. The number of hydrogen-bond acceptors (Lipinski definition) is 2. The molecule has 0 fully saturated rings. The first-order valence-corrected chi connectivity index (χ1v) is 6.47. The Bertz CT molecular complexity index is 704. The molecule has 0 aliphatic heterocycles. The molecule has 2 aromatic rings. The summed E-state index contributed by atoms with van der Waals surface area (Å²) in [6.07, 6.45) is 0. The van der Waals surface area contributed by atoms with Crippen molar-refractivity contribution in [2.75, 3.05) is 10.6 Å². The molecular weight excluding hydrogens is 295 g/mol. The van der Waals surface area contributed by atoms with Crippen LogP contribution in [-0.4, -0.2) is 11.8 Å². The molecule has 0 aliphatic rings. The standard InChI is InChI=1S/C15H12ClFN2O2/c1-9(20)18-11-3-2-4-12(8-11)19-15(21)13-6-5-10(16)7-14(13)17/h2-8H,1H3,(H,18,20)(H,19,21). The van der Waals surface area contributed by atoms with Crippen molar-refractivity contribution in [3.63, 3.8) is 0 Å². The second kappa shape index (κ2) is 6.37. The van der Waals surface area contributed by atoms with E-state index >= 15 is 0 Å². The molecule has 0 bridgehead atoms. The van der Waals surface area contributed by atoms with Crippen LogP contribution in [0, 0.1) is 5.82 Å². The van der Waals surface area contributed by atoms with Gasteiger partial charge in [0.25, 0.3) is 5.91 Å². The molecule has 0 aliphatic carbocycles. The van der Waals surface area contributed by atoms with Gasteiger partial charge in [-0.3, -0.25) is 9.59 Å². The number of benzene rings is 2. The van der Waals surface area contributed by atoms with Crippen LogP contribution in [0.15, 0.2) is 42.5 Å². The fourth-order valence-electron chi connectivity index (χ4n) is 1.75. The lowest BCUT2D eigenvalue weighted by Gasteiger charge is -2.08. The molecule has 0 unspecified atom stereocenters. The monoisotopic (exact) mass is 306 g/mol. The molecule has 2 N–H and O–H groups in total. The molecular formula is C15H12ClFN2O2. The Kier molecular flexibility index (Phi) is 4.55. The van der Waals surface area contributed by atoms with Gasteiger partial charge in [0.15, 0.2) is 0 Å². The highest BCUT2D eigenvalue weighted by atomic mass is 35.5. The molecule has 21 heavy (non-hydrogen) atoms. The van der Waals surface area contributed by atoms with E-state index in [9.17, 15) is 14.0 Å². The zero-order valence-electron chi connectivity index (χ0n) is 11.1. The Morgan fingerprint density at radius 1 is 1.05 bits per heavy atom. The summed E-state index contributed by atoms with van der Waals surface area (Å²) in [7, 11) is 0. The second-order valence-electron chi connectivity index (χ2n) is 4.34. The molecule has 2 aromatic carbocycles. The largest absolute Gasteiger partial charge is 0.326 e. The first-order valence-electron chi connectivity index (χ1n) is 6.10. The smallest absolute Gasteiger partial charge is 0.258 e. The topological polar surface area (TPSA) is 58.2 Å². The molecule has 0 heterocycles. The highest BCUT2D eigenvalue weighted by molar-refractivity contribution is 6.30. The van der Waals surface area contributed by atoms with Crippen molar-refractivity contribution in [3.05, 3.63) is 58.9 Å². The number of carbonyl (C=O) groups is 2. The quantitative estimate of drug-likeness (QED) is 0.908. The molecule has 2 amide bonds. The third-order valence-electron chi connectivity index (χ3n) is 2.62. The second-order valence-corrected chi connectivity index (χ2v) is 4.78. The first kappa shape index (κ1) is 15.0. The molecule has 0 aromatic heterocycles. The van der Waals surface area contributed by atoms with Gasteiger partial charge >= 0.3 is 0 Å². The molecule has 0 atom stereocenters. The number of carbonyl (C=O) groups excluding carboxylic acids is 2. The zero-order valence-corrected chi connectivity index (χ0v) is 11.9. The Morgan fingerprint density at radius 2 is 1.71 bits per heavy atom. The molecule has 0 saturated carbocycles. The van der Waals surface area contributed by atoms with Crippen molar-refractivity contribution in [3.8, 4) is 0 Å². The fraction of sp³-hybridized carbons (Fsp3) is 0.0667. The van der Waals surface area contributed by atoms with Crippen LogP contribution in [0.25, 0.3) is 0 Å². The van der Waals surface area contributed by atoms with Gasteiger partial charge in [-0.25, -0.2) is 4.39 Å². The third-order valence-corrected chi connectivity index (χ3v) is 2.85. The lowest BCUT2D eigenvalue weighted by molar-refractivity contribution is -0.114. The van der Waals surface area contributed by atoms with Gasteiger partial charge in [0.1, 0.15) is 5.82 Å². The van der Waals surface area contributed by atoms with Crippen LogP contribution in [0.1, 0.15) is 17.3 Å². The average molecular weight is 307 g/mol. The Morgan fingerprint density at radius 3 is 2.33 bits per heavy atom. The molecule has 4 nitrogen and oxygen atoms in total. The SMILES string of the molecule is CC(=O)Nc1cccc(NC(=O)c2ccc(Cl)cc2F)c1. The Balaban J connectivity index is 2.17. The third kappa shape index (κ3) is 4.03. The van der Waals surface area contributed by atoms with Gasteiger partial charge in [-0.05, 0) is 36.4 Å². The van der Waals surface area contributed by atoms with E-state index in [-0.39, 0.29) is 16.5 Å². The number of halogens is 2. The lowest BCUT2D eigenvalue weighted by atomic mass is 10.2. The van der Waals surface area contributed by atoms with Gasteiger partial charge in [-0.2, -0.15) is 0 Å². The van der Waals surface area contributed by atoms with Crippen LogP contribution in [0.5, 0.6) is 0 Å². The fourth-order valence-corrected chi connectivity index (χ4v) is 1.91. The maximum absolute atomic E-state index is 13.7. The summed E-state index contributed by atoms with van der Waals surface area (Å²) in [5, 5.41) is 5.37. The van der Waals surface area contributed by atoms with Crippen molar-refractivity contribution < 1.29 is 14.0 Å². The normalized spacial score (nSPS) is 10.0. The van der Waals surface area contributed by atoms with Crippen molar-refractivity contribution in [1.82, 2.24) is 0 Å². The molecule has 108 valence electrons. The van der Waals surface area contributed by atoms with E-state index in [2.05, 4.69) is 10.6 Å². The number of anilines is 2. The number of hydrogen-bond donors (Lipinski definition) is 2. The van der Waals surface area contributed by atoms with Crippen LogP contribution in [-0.2, 0) is 4.79 Å². The van der Waals surface area contributed by atoms with Crippen molar-refractivity contribution in [2.45, 2.75) is 6.92 Å². The minimum Gasteiger partial charge on any atom is -0.326 e. The van der Waals surface area contributed by atoms with Crippen LogP contribution in [0.3, 0.4) is 0 Å². The van der Waals surface area contributed by atoms with E-state index < -0.39 is 11.7 Å². The molecule has 0 radical (unpaired) electrons. The van der Waals surface area contributed by atoms with Crippen molar-refractivity contribution >= 4 is 34.8 Å². The maximum atomic E-state index is 13.7. The predicted octanol–water partition coefficient (Wildman–Crippen LogP) is 3.69. The van der Waals surface area contributed by atoms with Crippen LogP contribution in [0.2, 0.25) is 5.02 Å². The highest BCUT2D eigenvalue weighted by Gasteiger charge is 2.12. The summed E-state index contributed by atoms with van der Waals surface area (Å²) in [6, 6.07) is 10.4. The minimum atomic E-state index is -0.696. The van der Waals surface area contributed by atoms with Gasteiger partial charge in [0, 0.05) is 23.3 Å². The van der Waals surface area contributed by atoms with Crippen LogP contribution < -0.4 is 10.6 Å². The summed E-state index contributed by atoms with van der Waals surface area (Å²) in [4.78, 5) is 23.0. The van der Waals surface area contributed by atoms with Crippen LogP contribution in [0.4, 0.5) is 15.8 Å². The van der Waals surface area contributed by atoms with E-state index in [1.165, 1.54) is 19.1 Å². The summed E-state index contributed by atoms with van der Waals surface area (Å²) in [5.41, 5.74) is 0.877. The highest BCUT2D eigenvalue weighted by Crippen LogP contribution is 2.18. The Hall–Kier alpha value is -2.40.